The quantitative estimate of drug-likeness (QED) is 0.248. The summed E-state index contributed by atoms with van der Waals surface area (Å²) in [5.41, 5.74) is 0. The molecule has 0 rings (SSSR count). The van der Waals surface area contributed by atoms with Gasteiger partial charge in [0.2, 0.25) is 6.29 Å². The van der Waals surface area contributed by atoms with Crippen LogP contribution in [-0.4, -0.2) is 18.0 Å². The van der Waals surface area contributed by atoms with E-state index in [4.69, 9.17) is 0 Å². The van der Waals surface area contributed by atoms with Gasteiger partial charge in [0.25, 0.3) is 5.09 Å². The number of rotatable bonds is 5. The highest BCUT2D eigenvalue weighted by atomic mass is 17.2. The molecule has 0 aromatic heterocycles. The SMILES string of the molecule is CCOOC(C)O[N+](=O)[O-]. The van der Waals surface area contributed by atoms with Gasteiger partial charge in [-0.15, -0.1) is 10.1 Å². The lowest BCUT2D eigenvalue weighted by atomic mass is 10.8. The Morgan fingerprint density at radius 2 is 2.30 bits per heavy atom. The topological polar surface area (TPSA) is 70.8 Å². The van der Waals surface area contributed by atoms with Crippen molar-refractivity contribution in [2.24, 2.45) is 0 Å². The minimum Gasteiger partial charge on any atom is -0.279 e. The van der Waals surface area contributed by atoms with Crippen LogP contribution in [0.25, 0.3) is 0 Å². The van der Waals surface area contributed by atoms with E-state index in [0.717, 1.165) is 0 Å². The second-order valence-electron chi connectivity index (χ2n) is 1.40. The summed E-state index contributed by atoms with van der Waals surface area (Å²) in [6.07, 6.45) is -0.977. The van der Waals surface area contributed by atoms with Crippen molar-refractivity contribution in [3.63, 3.8) is 0 Å². The second-order valence-corrected chi connectivity index (χ2v) is 1.40. The molecule has 0 amide bonds. The normalized spacial score (nSPS) is 12.6. The zero-order chi connectivity index (χ0) is 7.98. The van der Waals surface area contributed by atoms with Gasteiger partial charge in [0.05, 0.1) is 6.61 Å². The van der Waals surface area contributed by atoms with Crippen molar-refractivity contribution in [3.05, 3.63) is 10.1 Å². The molecule has 0 bridgehead atoms. The number of hydrogen-bond acceptors (Lipinski definition) is 5. The van der Waals surface area contributed by atoms with Gasteiger partial charge in [-0.1, -0.05) is 0 Å². The van der Waals surface area contributed by atoms with Crippen molar-refractivity contribution in [1.82, 2.24) is 0 Å². The summed E-state index contributed by atoms with van der Waals surface area (Å²) < 4.78 is 0. The summed E-state index contributed by atoms with van der Waals surface area (Å²) in [6, 6.07) is 0. The van der Waals surface area contributed by atoms with Crippen LogP contribution < -0.4 is 0 Å². The lowest BCUT2D eigenvalue weighted by molar-refractivity contribution is -0.787. The number of hydrogen-bond donors (Lipinski definition) is 0. The molecule has 6 heteroatoms. The first-order valence-electron chi connectivity index (χ1n) is 2.76. The Labute approximate surface area is 57.7 Å². The van der Waals surface area contributed by atoms with Gasteiger partial charge in [-0.2, -0.15) is 0 Å². The van der Waals surface area contributed by atoms with Crippen LogP contribution in [0.15, 0.2) is 0 Å². The standard InChI is InChI=1S/C4H9NO5/c1-3-8-10-4(2)9-5(6)7/h4H,3H2,1-2H3. The van der Waals surface area contributed by atoms with E-state index in [-0.39, 0.29) is 0 Å². The van der Waals surface area contributed by atoms with Crippen LogP contribution in [0, 0.1) is 10.1 Å². The highest BCUT2D eigenvalue weighted by Gasteiger charge is 2.06. The van der Waals surface area contributed by atoms with Crippen LogP contribution in [0.4, 0.5) is 0 Å². The summed E-state index contributed by atoms with van der Waals surface area (Å²) in [6.45, 7) is 3.38. The Hall–Kier alpha value is -0.880. The first-order chi connectivity index (χ1) is 4.66. The number of nitrogens with zero attached hydrogens (tertiary/aromatic N) is 1. The molecule has 0 aliphatic rings. The molecule has 0 saturated heterocycles. The highest BCUT2D eigenvalue weighted by molar-refractivity contribution is 4.14. The van der Waals surface area contributed by atoms with E-state index in [9.17, 15) is 10.1 Å². The molecule has 1 atom stereocenters. The van der Waals surface area contributed by atoms with E-state index in [1.807, 2.05) is 0 Å². The van der Waals surface area contributed by atoms with Gasteiger partial charge in [0.15, 0.2) is 0 Å². The molecular weight excluding hydrogens is 142 g/mol. The Morgan fingerprint density at radius 3 is 2.70 bits per heavy atom. The van der Waals surface area contributed by atoms with E-state index < -0.39 is 11.4 Å². The lowest BCUT2D eigenvalue weighted by Gasteiger charge is -2.07. The maximum absolute atomic E-state index is 9.62. The molecular formula is C4H9NO5. The minimum atomic E-state index is -0.977. The largest absolute Gasteiger partial charge is 0.297 e. The maximum Gasteiger partial charge on any atom is 0.297 e. The van der Waals surface area contributed by atoms with Crippen molar-refractivity contribution in [2.75, 3.05) is 6.61 Å². The predicted molar refractivity (Wildman–Crippen MR) is 30.3 cm³/mol. The van der Waals surface area contributed by atoms with E-state index in [2.05, 4.69) is 14.6 Å². The molecule has 0 heterocycles. The van der Waals surface area contributed by atoms with Gasteiger partial charge < -0.3 is 0 Å². The highest BCUT2D eigenvalue weighted by Crippen LogP contribution is 1.93. The maximum atomic E-state index is 9.62. The first kappa shape index (κ1) is 9.12. The van der Waals surface area contributed by atoms with Gasteiger partial charge in [0, 0.05) is 0 Å². The molecule has 0 aliphatic carbocycles. The molecule has 0 aromatic rings. The molecule has 0 aliphatic heterocycles. The lowest BCUT2D eigenvalue weighted by Crippen LogP contribution is -2.17. The fourth-order valence-corrected chi connectivity index (χ4v) is 0.303. The van der Waals surface area contributed by atoms with Gasteiger partial charge in [-0.05, 0) is 13.8 Å². The molecule has 6 nitrogen and oxygen atoms in total. The zero-order valence-corrected chi connectivity index (χ0v) is 5.77. The van der Waals surface area contributed by atoms with Crippen molar-refractivity contribution in [1.29, 1.82) is 0 Å². The average Bonchev–Trinajstić information content (AvgIpc) is 1.82. The van der Waals surface area contributed by atoms with Crippen LogP contribution in [0.1, 0.15) is 13.8 Å². The van der Waals surface area contributed by atoms with E-state index in [0.29, 0.717) is 6.61 Å². The van der Waals surface area contributed by atoms with Gasteiger partial charge >= 0.3 is 0 Å². The Balaban J connectivity index is 3.25. The van der Waals surface area contributed by atoms with Gasteiger partial charge in [-0.25, -0.2) is 9.78 Å². The molecule has 60 valence electrons. The van der Waals surface area contributed by atoms with Crippen molar-refractivity contribution in [3.8, 4) is 0 Å². The van der Waals surface area contributed by atoms with Crippen LogP contribution in [0.3, 0.4) is 0 Å². The van der Waals surface area contributed by atoms with E-state index in [1.54, 1.807) is 6.92 Å². The van der Waals surface area contributed by atoms with E-state index >= 15 is 0 Å². The third-order valence-corrected chi connectivity index (χ3v) is 0.556. The summed E-state index contributed by atoms with van der Waals surface area (Å²) >= 11 is 0. The molecule has 0 fully saturated rings. The van der Waals surface area contributed by atoms with Crippen LogP contribution in [0.5, 0.6) is 0 Å². The Morgan fingerprint density at radius 1 is 1.70 bits per heavy atom. The molecule has 0 radical (unpaired) electrons. The summed E-state index contributed by atoms with van der Waals surface area (Å²) in [4.78, 5) is 22.3. The summed E-state index contributed by atoms with van der Waals surface area (Å²) in [7, 11) is 0. The van der Waals surface area contributed by atoms with Gasteiger partial charge in [0.1, 0.15) is 0 Å². The zero-order valence-electron chi connectivity index (χ0n) is 5.77. The molecule has 10 heavy (non-hydrogen) atoms. The second kappa shape index (κ2) is 4.95. The molecule has 0 N–H and O–H groups in total. The fraction of sp³-hybridized carbons (Fsp3) is 1.00. The Kier molecular flexibility index (Phi) is 4.51. The van der Waals surface area contributed by atoms with Crippen molar-refractivity contribution >= 4 is 0 Å². The summed E-state index contributed by atoms with van der Waals surface area (Å²) in [5, 5.41) is 8.68. The van der Waals surface area contributed by atoms with Crippen molar-refractivity contribution in [2.45, 2.75) is 20.1 Å². The third kappa shape index (κ3) is 5.26. The molecule has 1 unspecified atom stereocenters. The predicted octanol–water partition coefficient (Wildman–Crippen LogP) is 0.509. The molecule has 0 spiro atoms. The molecule has 0 aromatic carbocycles. The first-order valence-corrected chi connectivity index (χ1v) is 2.76. The third-order valence-electron chi connectivity index (χ3n) is 0.556. The van der Waals surface area contributed by atoms with Gasteiger partial charge in [-0.3, -0.25) is 4.84 Å². The van der Waals surface area contributed by atoms with Crippen molar-refractivity contribution < 1.29 is 19.7 Å². The smallest absolute Gasteiger partial charge is 0.279 e. The minimum absolute atomic E-state index is 0.325. The van der Waals surface area contributed by atoms with Crippen LogP contribution in [0.2, 0.25) is 0 Å². The van der Waals surface area contributed by atoms with Crippen LogP contribution in [-0.2, 0) is 14.6 Å². The summed E-state index contributed by atoms with van der Waals surface area (Å²) in [5.74, 6) is 0. The van der Waals surface area contributed by atoms with Crippen LogP contribution >= 0.6 is 0 Å². The Bertz CT molecular complexity index is 106. The monoisotopic (exact) mass is 151 g/mol. The molecule has 0 saturated carbocycles. The van der Waals surface area contributed by atoms with E-state index in [1.165, 1.54) is 6.92 Å². The fourth-order valence-electron chi connectivity index (χ4n) is 0.303. The average molecular weight is 151 g/mol.